The molecule has 0 aromatic heterocycles. The molecular formula is C22H25NO4. The molecule has 2 aromatic carbocycles. The number of carboxylic acids is 1. The third-order valence-electron chi connectivity index (χ3n) is 5.05. The van der Waals surface area contributed by atoms with Crippen LogP contribution in [0.25, 0.3) is 0 Å². The number of rotatable bonds is 7. The van der Waals surface area contributed by atoms with Gasteiger partial charge in [0.2, 0.25) is 0 Å². The van der Waals surface area contributed by atoms with Crippen LogP contribution in [0.15, 0.2) is 60.7 Å². The SMILES string of the molecule is O=C(O)[C@H](Cc1ccccc1)C[C@@H]1CCCN1C(=O)OCc1ccccc1. The van der Waals surface area contributed by atoms with Gasteiger partial charge < -0.3 is 14.7 Å². The minimum absolute atomic E-state index is 0.0851. The molecule has 1 heterocycles. The van der Waals surface area contributed by atoms with Crippen LogP contribution in [0.2, 0.25) is 0 Å². The maximum absolute atomic E-state index is 12.5. The maximum Gasteiger partial charge on any atom is 0.410 e. The Labute approximate surface area is 159 Å². The maximum atomic E-state index is 12.5. The summed E-state index contributed by atoms with van der Waals surface area (Å²) in [7, 11) is 0. The van der Waals surface area contributed by atoms with E-state index in [2.05, 4.69) is 0 Å². The molecule has 5 nitrogen and oxygen atoms in total. The van der Waals surface area contributed by atoms with E-state index in [0.717, 1.165) is 24.0 Å². The molecule has 0 bridgehead atoms. The van der Waals surface area contributed by atoms with Crippen molar-refractivity contribution < 1.29 is 19.4 Å². The predicted octanol–water partition coefficient (Wildman–Crippen LogP) is 4.12. The molecule has 1 fully saturated rings. The number of carbonyl (C=O) groups excluding carboxylic acids is 1. The molecule has 0 saturated carbocycles. The van der Waals surface area contributed by atoms with E-state index in [9.17, 15) is 14.7 Å². The Bertz CT molecular complexity index is 747. The van der Waals surface area contributed by atoms with Crippen LogP contribution in [0.4, 0.5) is 4.79 Å². The van der Waals surface area contributed by atoms with Crippen molar-refractivity contribution in [1.29, 1.82) is 0 Å². The van der Waals surface area contributed by atoms with Crippen LogP contribution in [0.1, 0.15) is 30.4 Å². The fourth-order valence-corrected chi connectivity index (χ4v) is 3.62. The molecular weight excluding hydrogens is 342 g/mol. The summed E-state index contributed by atoms with van der Waals surface area (Å²) in [4.78, 5) is 25.9. The van der Waals surface area contributed by atoms with E-state index in [1.807, 2.05) is 60.7 Å². The molecule has 1 aliphatic rings. The average molecular weight is 367 g/mol. The molecule has 2 atom stereocenters. The fraction of sp³-hybridized carbons (Fsp3) is 0.364. The summed E-state index contributed by atoms with van der Waals surface area (Å²) in [5.74, 6) is -1.33. The molecule has 0 aliphatic carbocycles. The largest absolute Gasteiger partial charge is 0.481 e. The zero-order chi connectivity index (χ0) is 19.1. The summed E-state index contributed by atoms with van der Waals surface area (Å²) in [6.45, 7) is 0.852. The minimum atomic E-state index is -0.816. The van der Waals surface area contributed by atoms with Crippen molar-refractivity contribution >= 4 is 12.1 Å². The van der Waals surface area contributed by atoms with Crippen molar-refractivity contribution in [3.05, 3.63) is 71.8 Å². The van der Waals surface area contributed by atoms with Crippen LogP contribution in [0.3, 0.4) is 0 Å². The van der Waals surface area contributed by atoms with E-state index in [-0.39, 0.29) is 18.7 Å². The Balaban J connectivity index is 1.58. The highest BCUT2D eigenvalue weighted by Crippen LogP contribution is 2.26. The third kappa shape index (κ3) is 5.33. The number of benzene rings is 2. The second-order valence-corrected chi connectivity index (χ2v) is 6.99. The average Bonchev–Trinajstić information content (AvgIpc) is 3.15. The van der Waals surface area contributed by atoms with Crippen LogP contribution >= 0.6 is 0 Å². The second kappa shape index (κ2) is 9.21. The highest BCUT2D eigenvalue weighted by atomic mass is 16.6. The lowest BCUT2D eigenvalue weighted by atomic mass is 9.92. The van der Waals surface area contributed by atoms with E-state index in [4.69, 9.17) is 4.74 Å². The number of aliphatic carboxylic acids is 1. The number of hydrogen-bond acceptors (Lipinski definition) is 3. The molecule has 1 N–H and O–H groups in total. The summed E-state index contributed by atoms with van der Waals surface area (Å²) >= 11 is 0. The van der Waals surface area contributed by atoms with Crippen LogP contribution in [0.5, 0.6) is 0 Å². The van der Waals surface area contributed by atoms with Gasteiger partial charge in [0, 0.05) is 12.6 Å². The molecule has 0 radical (unpaired) electrons. The number of ether oxygens (including phenoxy) is 1. The van der Waals surface area contributed by atoms with Gasteiger partial charge in [-0.25, -0.2) is 4.79 Å². The van der Waals surface area contributed by atoms with Gasteiger partial charge in [-0.1, -0.05) is 60.7 Å². The van der Waals surface area contributed by atoms with Gasteiger partial charge in [0.05, 0.1) is 5.92 Å². The van der Waals surface area contributed by atoms with Crippen molar-refractivity contribution in [1.82, 2.24) is 4.90 Å². The Kier molecular flexibility index (Phi) is 6.47. The highest BCUT2D eigenvalue weighted by Gasteiger charge is 2.33. The molecule has 27 heavy (non-hydrogen) atoms. The quantitative estimate of drug-likeness (QED) is 0.799. The second-order valence-electron chi connectivity index (χ2n) is 6.99. The smallest absolute Gasteiger partial charge is 0.410 e. The van der Waals surface area contributed by atoms with Gasteiger partial charge in [0.1, 0.15) is 6.61 Å². The summed E-state index contributed by atoms with van der Waals surface area (Å²) in [6.07, 6.45) is 2.26. The molecule has 1 amide bonds. The van der Waals surface area contributed by atoms with Crippen LogP contribution in [-0.4, -0.2) is 34.7 Å². The summed E-state index contributed by atoms with van der Waals surface area (Å²) in [5.41, 5.74) is 1.94. The van der Waals surface area contributed by atoms with E-state index in [0.29, 0.717) is 19.4 Å². The van der Waals surface area contributed by atoms with E-state index < -0.39 is 11.9 Å². The first-order chi connectivity index (χ1) is 13.1. The van der Waals surface area contributed by atoms with Gasteiger partial charge in [-0.15, -0.1) is 0 Å². The van der Waals surface area contributed by atoms with Crippen LogP contribution in [0, 0.1) is 5.92 Å². The standard InChI is InChI=1S/C22H25NO4/c24-21(25)19(14-17-8-3-1-4-9-17)15-20-12-7-13-23(20)22(26)27-16-18-10-5-2-6-11-18/h1-6,8-11,19-20H,7,12-16H2,(H,24,25)/t19-,20+/m1/s1. The number of likely N-dealkylation sites (tertiary alicyclic amines) is 1. The topological polar surface area (TPSA) is 66.8 Å². The van der Waals surface area contributed by atoms with Gasteiger partial charge in [-0.3, -0.25) is 4.79 Å². The van der Waals surface area contributed by atoms with Crippen molar-refractivity contribution in [2.75, 3.05) is 6.54 Å². The Morgan fingerprint density at radius 3 is 2.30 bits per heavy atom. The summed E-state index contributed by atoms with van der Waals surface area (Å²) in [5, 5.41) is 9.64. The normalized spacial score (nSPS) is 17.5. The number of amides is 1. The van der Waals surface area contributed by atoms with Crippen LogP contribution < -0.4 is 0 Å². The molecule has 2 aromatic rings. The molecule has 142 valence electrons. The number of hydrogen-bond donors (Lipinski definition) is 1. The monoisotopic (exact) mass is 367 g/mol. The first-order valence-electron chi connectivity index (χ1n) is 9.37. The van der Waals surface area contributed by atoms with Gasteiger partial charge in [0.15, 0.2) is 0 Å². The highest BCUT2D eigenvalue weighted by molar-refractivity contribution is 5.71. The lowest BCUT2D eigenvalue weighted by Gasteiger charge is -2.26. The van der Waals surface area contributed by atoms with Gasteiger partial charge >= 0.3 is 12.1 Å². The number of nitrogens with zero attached hydrogens (tertiary/aromatic N) is 1. The fourth-order valence-electron chi connectivity index (χ4n) is 3.62. The number of carbonyl (C=O) groups is 2. The lowest BCUT2D eigenvalue weighted by molar-refractivity contribution is -0.142. The van der Waals surface area contributed by atoms with Crippen molar-refractivity contribution in [2.24, 2.45) is 5.92 Å². The predicted molar refractivity (Wildman–Crippen MR) is 102 cm³/mol. The first-order valence-corrected chi connectivity index (χ1v) is 9.37. The summed E-state index contributed by atoms with van der Waals surface area (Å²) < 4.78 is 5.44. The molecule has 1 aliphatic heterocycles. The third-order valence-corrected chi connectivity index (χ3v) is 5.05. The van der Waals surface area contributed by atoms with Crippen molar-refractivity contribution in [3.8, 4) is 0 Å². The molecule has 3 rings (SSSR count). The van der Waals surface area contributed by atoms with Crippen LogP contribution in [-0.2, 0) is 22.6 Å². The van der Waals surface area contributed by atoms with Gasteiger partial charge in [0.25, 0.3) is 0 Å². The molecule has 0 unspecified atom stereocenters. The molecule has 1 saturated heterocycles. The Morgan fingerprint density at radius 2 is 1.67 bits per heavy atom. The Morgan fingerprint density at radius 1 is 1.04 bits per heavy atom. The van der Waals surface area contributed by atoms with Gasteiger partial charge in [-0.2, -0.15) is 0 Å². The zero-order valence-electron chi connectivity index (χ0n) is 15.3. The zero-order valence-corrected chi connectivity index (χ0v) is 15.3. The minimum Gasteiger partial charge on any atom is -0.481 e. The summed E-state index contributed by atoms with van der Waals surface area (Å²) in [6, 6.07) is 19.1. The molecule has 5 heteroatoms. The van der Waals surface area contributed by atoms with E-state index in [1.54, 1.807) is 4.90 Å². The molecule has 0 spiro atoms. The Hall–Kier alpha value is -2.82. The number of carboxylic acid groups (broad SMARTS) is 1. The van der Waals surface area contributed by atoms with Crippen molar-refractivity contribution in [2.45, 2.75) is 38.3 Å². The van der Waals surface area contributed by atoms with Gasteiger partial charge in [-0.05, 0) is 36.8 Å². The van der Waals surface area contributed by atoms with E-state index >= 15 is 0 Å². The lowest BCUT2D eigenvalue weighted by Crippen LogP contribution is -2.38. The van der Waals surface area contributed by atoms with Crippen molar-refractivity contribution in [3.63, 3.8) is 0 Å². The van der Waals surface area contributed by atoms with E-state index in [1.165, 1.54) is 0 Å². The first kappa shape index (κ1) is 19.0.